The van der Waals surface area contributed by atoms with Crippen LogP contribution in [0.1, 0.15) is 28.3 Å². The number of rotatable bonds is 6. The van der Waals surface area contributed by atoms with Gasteiger partial charge in [0, 0.05) is 27.8 Å². The summed E-state index contributed by atoms with van der Waals surface area (Å²) < 4.78 is 11.5. The minimum absolute atomic E-state index is 0.267. The van der Waals surface area contributed by atoms with E-state index in [2.05, 4.69) is 10.3 Å². The van der Waals surface area contributed by atoms with Gasteiger partial charge < -0.3 is 19.9 Å². The molecule has 5 rings (SSSR count). The Morgan fingerprint density at radius 1 is 1.00 bits per heavy atom. The minimum atomic E-state index is -0.922. The zero-order valence-corrected chi connectivity index (χ0v) is 20.8. The molecule has 0 aliphatic carbocycles. The van der Waals surface area contributed by atoms with Gasteiger partial charge in [-0.1, -0.05) is 41.4 Å². The molecule has 1 atom stereocenters. The number of fused-ring (bicyclic) bond motifs is 1. The maximum atomic E-state index is 12.8. The first-order chi connectivity index (χ1) is 17.9. The van der Waals surface area contributed by atoms with E-state index in [1.54, 1.807) is 60.7 Å². The summed E-state index contributed by atoms with van der Waals surface area (Å²) in [4.78, 5) is 28.8. The fourth-order valence-electron chi connectivity index (χ4n) is 4.03. The first-order valence-corrected chi connectivity index (χ1v) is 12.1. The predicted molar refractivity (Wildman–Crippen MR) is 141 cm³/mol. The SMILES string of the molecule is O=C(Nc1cccc(-c2cccc(Cl)c2)n1)c1ccc(Oc2cc3c(cc2Cl)C(C(=O)O)CCO3)cc1. The van der Waals surface area contributed by atoms with Gasteiger partial charge in [-0.25, -0.2) is 4.98 Å². The fraction of sp³-hybridized carbons (Fsp3) is 0.107. The predicted octanol–water partition coefficient (Wildman–Crippen LogP) is 7.05. The van der Waals surface area contributed by atoms with E-state index in [-0.39, 0.29) is 10.9 Å². The Labute approximate surface area is 222 Å². The lowest BCUT2D eigenvalue weighted by Gasteiger charge is -2.24. The second-order valence-electron chi connectivity index (χ2n) is 8.35. The van der Waals surface area contributed by atoms with E-state index in [1.807, 2.05) is 18.2 Å². The van der Waals surface area contributed by atoms with Crippen LogP contribution in [0, 0.1) is 0 Å². The number of nitrogens with zero attached hydrogens (tertiary/aromatic N) is 1. The van der Waals surface area contributed by atoms with Crippen molar-refractivity contribution < 1.29 is 24.2 Å². The summed E-state index contributed by atoms with van der Waals surface area (Å²) >= 11 is 12.4. The first-order valence-electron chi connectivity index (χ1n) is 11.4. The zero-order valence-electron chi connectivity index (χ0n) is 19.3. The summed E-state index contributed by atoms with van der Waals surface area (Å²) in [6.45, 7) is 0.297. The molecule has 0 saturated carbocycles. The number of pyridine rings is 1. The molecule has 0 fully saturated rings. The van der Waals surface area contributed by atoms with Crippen LogP contribution >= 0.6 is 23.2 Å². The topological polar surface area (TPSA) is 97.8 Å². The summed E-state index contributed by atoms with van der Waals surface area (Å²) in [6.07, 6.45) is 0.378. The number of aromatic nitrogens is 1. The van der Waals surface area contributed by atoms with Crippen molar-refractivity contribution in [3.63, 3.8) is 0 Å². The molecule has 4 aromatic rings. The van der Waals surface area contributed by atoms with Crippen LogP contribution in [0.4, 0.5) is 5.82 Å². The molecule has 1 aromatic heterocycles. The molecule has 0 bridgehead atoms. The van der Waals surface area contributed by atoms with E-state index in [0.717, 1.165) is 5.56 Å². The van der Waals surface area contributed by atoms with Crippen LogP contribution in [0.3, 0.4) is 0 Å². The van der Waals surface area contributed by atoms with E-state index in [1.165, 1.54) is 0 Å². The largest absolute Gasteiger partial charge is 0.493 e. The number of carboxylic acids is 1. The van der Waals surface area contributed by atoms with Crippen LogP contribution in [0.25, 0.3) is 11.3 Å². The highest BCUT2D eigenvalue weighted by molar-refractivity contribution is 6.32. The molecule has 3 aromatic carbocycles. The lowest BCUT2D eigenvalue weighted by molar-refractivity contribution is -0.139. The van der Waals surface area contributed by atoms with E-state index in [9.17, 15) is 14.7 Å². The number of hydrogen-bond donors (Lipinski definition) is 2. The van der Waals surface area contributed by atoms with Crippen molar-refractivity contribution in [2.45, 2.75) is 12.3 Å². The number of halogens is 2. The molecule has 1 aliphatic rings. The Morgan fingerprint density at radius 3 is 2.54 bits per heavy atom. The van der Waals surface area contributed by atoms with Crippen LogP contribution in [-0.2, 0) is 4.79 Å². The molecule has 37 heavy (non-hydrogen) atoms. The summed E-state index contributed by atoms with van der Waals surface area (Å²) in [5.41, 5.74) is 2.46. The molecule has 0 saturated heterocycles. The van der Waals surface area contributed by atoms with Gasteiger partial charge >= 0.3 is 5.97 Å². The molecular weight excluding hydrogens is 515 g/mol. The molecule has 1 aliphatic heterocycles. The third-order valence-corrected chi connectivity index (χ3v) is 6.39. The number of ether oxygens (including phenoxy) is 2. The standard InChI is InChI=1S/C28H20Cl2N2O5/c29-18-4-1-3-17(13-18)23-5-2-6-26(31-23)32-27(33)16-7-9-19(10-8-16)37-25-15-24-21(14-22(25)30)20(28(34)35)11-12-36-24/h1-10,13-15,20H,11-12H2,(H,34,35)(H,31,32,33). The lowest BCUT2D eigenvalue weighted by atomic mass is 9.93. The molecule has 0 radical (unpaired) electrons. The van der Waals surface area contributed by atoms with Gasteiger partial charge in [0.25, 0.3) is 5.91 Å². The van der Waals surface area contributed by atoms with Crippen LogP contribution < -0.4 is 14.8 Å². The van der Waals surface area contributed by atoms with Crippen molar-refractivity contribution in [3.8, 4) is 28.5 Å². The normalized spacial score (nSPS) is 14.3. The Balaban J connectivity index is 1.28. The van der Waals surface area contributed by atoms with Gasteiger partial charge in [-0.3, -0.25) is 9.59 Å². The Bertz CT molecular complexity index is 1490. The molecule has 2 N–H and O–H groups in total. The Hall–Kier alpha value is -4.07. The molecule has 9 heteroatoms. The third kappa shape index (κ3) is 5.53. The van der Waals surface area contributed by atoms with Crippen molar-refractivity contribution in [2.75, 3.05) is 11.9 Å². The Kier molecular flexibility index (Phi) is 6.99. The number of benzene rings is 3. The smallest absolute Gasteiger partial charge is 0.311 e. The van der Waals surface area contributed by atoms with Gasteiger partial charge in [0.1, 0.15) is 23.1 Å². The highest BCUT2D eigenvalue weighted by Gasteiger charge is 2.29. The molecule has 1 unspecified atom stereocenters. The monoisotopic (exact) mass is 534 g/mol. The molecule has 1 amide bonds. The van der Waals surface area contributed by atoms with E-state index in [0.29, 0.717) is 57.9 Å². The van der Waals surface area contributed by atoms with Crippen LogP contribution in [0.15, 0.2) is 78.9 Å². The number of nitrogens with one attached hydrogen (secondary N) is 1. The van der Waals surface area contributed by atoms with Gasteiger partial charge in [0.15, 0.2) is 0 Å². The van der Waals surface area contributed by atoms with E-state index < -0.39 is 11.9 Å². The van der Waals surface area contributed by atoms with Crippen molar-refractivity contribution in [3.05, 3.63) is 100 Å². The maximum absolute atomic E-state index is 12.8. The first kappa shape index (κ1) is 24.6. The summed E-state index contributed by atoms with van der Waals surface area (Å²) in [6, 6.07) is 22.3. The van der Waals surface area contributed by atoms with Crippen molar-refractivity contribution in [2.24, 2.45) is 0 Å². The Morgan fingerprint density at radius 2 is 1.78 bits per heavy atom. The zero-order chi connectivity index (χ0) is 25.9. The van der Waals surface area contributed by atoms with Crippen molar-refractivity contribution in [1.82, 2.24) is 4.98 Å². The number of carboxylic acid groups (broad SMARTS) is 1. The van der Waals surface area contributed by atoms with Gasteiger partial charge in [-0.05, 0) is 61.0 Å². The fourth-order valence-corrected chi connectivity index (χ4v) is 4.43. The molecule has 2 heterocycles. The third-order valence-electron chi connectivity index (χ3n) is 5.86. The number of carbonyl (C=O) groups excluding carboxylic acids is 1. The lowest BCUT2D eigenvalue weighted by Crippen LogP contribution is -2.20. The summed E-state index contributed by atoms with van der Waals surface area (Å²) in [5, 5.41) is 13.1. The quantitative estimate of drug-likeness (QED) is 0.275. The van der Waals surface area contributed by atoms with Gasteiger partial charge in [-0.15, -0.1) is 0 Å². The number of aliphatic carboxylic acids is 1. The number of amides is 1. The number of carbonyl (C=O) groups is 2. The highest BCUT2D eigenvalue weighted by Crippen LogP contribution is 2.41. The minimum Gasteiger partial charge on any atom is -0.493 e. The second-order valence-corrected chi connectivity index (χ2v) is 9.19. The average Bonchev–Trinajstić information content (AvgIpc) is 2.89. The van der Waals surface area contributed by atoms with E-state index >= 15 is 0 Å². The van der Waals surface area contributed by atoms with Crippen molar-refractivity contribution >= 4 is 40.9 Å². The summed E-state index contributed by atoms with van der Waals surface area (Å²) in [7, 11) is 0. The molecular formula is C28H20Cl2N2O5. The molecule has 0 spiro atoms. The van der Waals surface area contributed by atoms with Gasteiger partial charge in [-0.2, -0.15) is 0 Å². The van der Waals surface area contributed by atoms with E-state index in [4.69, 9.17) is 32.7 Å². The number of hydrogen-bond acceptors (Lipinski definition) is 5. The van der Waals surface area contributed by atoms with Gasteiger partial charge in [0.2, 0.25) is 0 Å². The molecule has 186 valence electrons. The molecule has 7 nitrogen and oxygen atoms in total. The van der Waals surface area contributed by atoms with Crippen LogP contribution in [0.2, 0.25) is 10.0 Å². The van der Waals surface area contributed by atoms with Crippen molar-refractivity contribution in [1.29, 1.82) is 0 Å². The van der Waals surface area contributed by atoms with Gasteiger partial charge in [0.05, 0.1) is 23.2 Å². The second kappa shape index (κ2) is 10.5. The highest BCUT2D eigenvalue weighted by atomic mass is 35.5. The maximum Gasteiger partial charge on any atom is 0.311 e. The summed E-state index contributed by atoms with van der Waals surface area (Å²) in [5.74, 6) is -0.314. The van der Waals surface area contributed by atoms with Crippen LogP contribution in [-0.4, -0.2) is 28.6 Å². The van der Waals surface area contributed by atoms with Crippen LogP contribution in [0.5, 0.6) is 17.2 Å². The number of anilines is 1. The average molecular weight is 535 g/mol.